The normalized spacial score (nSPS) is 17.2. The highest BCUT2D eigenvalue weighted by Crippen LogP contribution is 2.51. The Labute approximate surface area is 178 Å². The Hall–Kier alpha value is -0.950. The Morgan fingerprint density at radius 1 is 1.17 bits per heavy atom. The van der Waals surface area contributed by atoms with Gasteiger partial charge >= 0.3 is 0 Å². The molecule has 168 valence electrons. The third-order valence-corrected chi connectivity index (χ3v) is 8.28. The van der Waals surface area contributed by atoms with Gasteiger partial charge in [-0.05, 0) is 66.6 Å². The summed E-state index contributed by atoms with van der Waals surface area (Å²) in [4.78, 5) is 2.43. The van der Waals surface area contributed by atoms with Gasteiger partial charge in [-0.15, -0.1) is 13.6 Å². The van der Waals surface area contributed by atoms with Crippen LogP contribution in [0.1, 0.15) is 64.4 Å². The number of anilines is 1. The first kappa shape index (κ1) is 24.3. The van der Waals surface area contributed by atoms with Crippen LogP contribution >= 0.6 is 9.12 Å². The number of halogens is 1. The second kappa shape index (κ2) is 10.9. The molecule has 0 radical (unpaired) electrons. The molecule has 1 saturated carbocycles. The van der Waals surface area contributed by atoms with Crippen molar-refractivity contribution >= 4 is 20.7 Å². The average molecular weight is 427 g/mol. The molecule has 0 amide bonds. The molecule has 0 saturated heterocycles. The Balaban J connectivity index is 1.91. The third-order valence-electron chi connectivity index (χ3n) is 5.81. The second-order valence-electron chi connectivity index (χ2n) is 9.13. The predicted octanol–water partition coefficient (Wildman–Crippen LogP) is 5.32. The maximum Gasteiger partial charge on any atom is 0.0368 e. The third kappa shape index (κ3) is 7.67. The van der Waals surface area contributed by atoms with E-state index in [-0.39, 0.29) is 0 Å². The molecule has 1 aromatic carbocycles. The summed E-state index contributed by atoms with van der Waals surface area (Å²) < 4.78 is 15.7. The van der Waals surface area contributed by atoms with Crippen LogP contribution in [0.5, 0.6) is 0 Å². The summed E-state index contributed by atoms with van der Waals surface area (Å²) in [5, 5.41) is 6.52. The van der Waals surface area contributed by atoms with E-state index in [1.54, 1.807) is 0 Å². The van der Waals surface area contributed by atoms with Gasteiger partial charge in [-0.1, -0.05) is 51.1 Å². The number of nitrogens with two attached hydrogens (primary N) is 1. The standard InChI is InChI=1S/C23H43FN4S/c1-5-17-27(18-6-2)23-14-10-13-21(19-23)15-16-26-28(24)29(3,4,25)20-22-11-8-7-9-12-22/h10,13-14,19,22,26H,3,5-9,11-12,15-18,20,25H2,1-2,4H3. The van der Waals surface area contributed by atoms with Crippen LogP contribution in [-0.2, 0) is 6.42 Å². The lowest BCUT2D eigenvalue weighted by molar-refractivity contribution is 0.0846. The van der Waals surface area contributed by atoms with Crippen molar-refractivity contribution in [3.8, 4) is 0 Å². The number of nitrogens with one attached hydrogen (secondary N) is 1. The van der Waals surface area contributed by atoms with E-state index in [1.807, 2.05) is 6.26 Å². The van der Waals surface area contributed by atoms with Crippen LogP contribution in [-0.4, -0.2) is 42.1 Å². The van der Waals surface area contributed by atoms with Crippen LogP contribution in [0.4, 0.5) is 10.2 Å². The summed E-state index contributed by atoms with van der Waals surface area (Å²) in [5.41, 5.74) is 5.38. The van der Waals surface area contributed by atoms with Crippen molar-refractivity contribution < 1.29 is 4.48 Å². The molecule has 29 heavy (non-hydrogen) atoms. The van der Waals surface area contributed by atoms with E-state index < -0.39 is 9.12 Å². The number of benzene rings is 1. The van der Waals surface area contributed by atoms with E-state index in [0.29, 0.717) is 22.9 Å². The second-order valence-corrected chi connectivity index (χ2v) is 13.6. The van der Waals surface area contributed by atoms with Crippen LogP contribution in [0.25, 0.3) is 0 Å². The molecule has 0 bridgehead atoms. The highest BCUT2D eigenvalue weighted by Gasteiger charge is 2.32. The summed E-state index contributed by atoms with van der Waals surface area (Å²) in [7, 11) is -2.99. The maximum atomic E-state index is 15.0. The van der Waals surface area contributed by atoms with E-state index in [2.05, 4.69) is 54.3 Å². The average Bonchev–Trinajstić information content (AvgIpc) is 2.68. The van der Waals surface area contributed by atoms with Crippen LogP contribution in [0, 0.1) is 5.92 Å². The number of rotatable bonds is 12. The molecule has 0 unspecified atom stereocenters. The SMILES string of the molecule is C=S(C)(N)(CC1CCCCC1)N(F)NCCc1cccc(N(CCC)CCC)c1. The molecular formula is C23H43FN4S. The van der Waals surface area contributed by atoms with Gasteiger partial charge < -0.3 is 4.90 Å². The highest BCUT2D eigenvalue weighted by atomic mass is 32.3. The van der Waals surface area contributed by atoms with Crippen LogP contribution in [0.15, 0.2) is 24.3 Å². The molecule has 0 aliphatic heterocycles. The van der Waals surface area contributed by atoms with Gasteiger partial charge in [0.2, 0.25) is 0 Å². The largest absolute Gasteiger partial charge is 0.372 e. The first-order valence-electron chi connectivity index (χ1n) is 11.3. The number of nitrogens with zero attached hydrogens (tertiary/aromatic N) is 2. The summed E-state index contributed by atoms with van der Waals surface area (Å²) in [5.74, 6) is 5.33. The monoisotopic (exact) mass is 426 g/mol. The lowest BCUT2D eigenvalue weighted by Gasteiger charge is -2.47. The van der Waals surface area contributed by atoms with Crippen molar-refractivity contribution in [3.63, 3.8) is 0 Å². The molecule has 1 aromatic rings. The molecule has 0 atom stereocenters. The van der Waals surface area contributed by atoms with E-state index in [9.17, 15) is 0 Å². The smallest absolute Gasteiger partial charge is 0.0368 e. The summed E-state index contributed by atoms with van der Waals surface area (Å²) >= 11 is 0. The number of hydrogen-bond acceptors (Lipinski definition) is 4. The predicted molar refractivity (Wildman–Crippen MR) is 130 cm³/mol. The number of hydrogen-bond donors (Lipinski definition) is 2. The quantitative estimate of drug-likeness (QED) is 0.270. The van der Waals surface area contributed by atoms with Gasteiger partial charge in [-0.3, -0.25) is 5.14 Å². The van der Waals surface area contributed by atoms with Crippen molar-refractivity contribution in [1.29, 1.82) is 0 Å². The Bertz CT molecular complexity index is 675. The molecule has 6 heteroatoms. The van der Waals surface area contributed by atoms with Crippen LogP contribution in [0.2, 0.25) is 0 Å². The molecule has 2 rings (SSSR count). The minimum Gasteiger partial charge on any atom is -0.372 e. The fraction of sp³-hybridized carbons (Fsp3) is 0.696. The summed E-state index contributed by atoms with van der Waals surface area (Å²) in [6, 6.07) is 8.61. The lowest BCUT2D eigenvalue weighted by Crippen LogP contribution is -2.45. The Morgan fingerprint density at radius 2 is 1.83 bits per heavy atom. The zero-order valence-corrected chi connectivity index (χ0v) is 19.7. The van der Waals surface area contributed by atoms with E-state index in [4.69, 9.17) is 5.14 Å². The molecular weight excluding hydrogens is 383 g/mol. The van der Waals surface area contributed by atoms with Gasteiger partial charge in [0.15, 0.2) is 0 Å². The molecule has 1 fully saturated rings. The van der Waals surface area contributed by atoms with E-state index in [0.717, 1.165) is 45.2 Å². The van der Waals surface area contributed by atoms with Gasteiger partial charge in [-0.25, -0.2) is 5.43 Å². The highest BCUT2D eigenvalue weighted by molar-refractivity contribution is 8.42. The van der Waals surface area contributed by atoms with Crippen LogP contribution < -0.4 is 15.5 Å². The fourth-order valence-corrected chi connectivity index (χ4v) is 6.59. The van der Waals surface area contributed by atoms with Gasteiger partial charge in [0.1, 0.15) is 0 Å². The van der Waals surface area contributed by atoms with Crippen molar-refractivity contribution in [2.75, 3.05) is 36.5 Å². The zero-order valence-electron chi connectivity index (χ0n) is 18.8. The summed E-state index contributed by atoms with van der Waals surface area (Å²) in [6.45, 7) is 7.06. The fourth-order valence-electron chi connectivity index (χ4n) is 4.36. The first-order valence-corrected chi connectivity index (χ1v) is 14.1. The van der Waals surface area contributed by atoms with Crippen molar-refractivity contribution in [2.24, 2.45) is 11.1 Å². The topological polar surface area (TPSA) is 44.5 Å². The van der Waals surface area contributed by atoms with E-state index in [1.165, 1.54) is 30.5 Å². The van der Waals surface area contributed by atoms with Gasteiger partial charge in [0.25, 0.3) is 0 Å². The summed E-state index contributed by atoms with van der Waals surface area (Å²) in [6.07, 6.45) is 10.9. The van der Waals surface area contributed by atoms with Crippen LogP contribution in [0.3, 0.4) is 0 Å². The first-order chi connectivity index (χ1) is 13.7. The minimum atomic E-state index is -2.99. The minimum absolute atomic E-state index is 0.498. The number of hydrazine groups is 1. The van der Waals surface area contributed by atoms with Crippen molar-refractivity contribution in [1.82, 2.24) is 10.1 Å². The Morgan fingerprint density at radius 3 is 2.45 bits per heavy atom. The molecule has 1 aliphatic rings. The zero-order chi connectivity index (χ0) is 21.4. The molecule has 4 nitrogen and oxygen atoms in total. The van der Waals surface area contributed by atoms with Crippen molar-refractivity contribution in [2.45, 2.75) is 65.2 Å². The molecule has 0 aromatic heterocycles. The maximum absolute atomic E-state index is 15.0. The molecule has 0 heterocycles. The van der Waals surface area contributed by atoms with Crippen molar-refractivity contribution in [3.05, 3.63) is 29.8 Å². The van der Waals surface area contributed by atoms with Gasteiger partial charge in [-0.2, -0.15) is 0 Å². The molecule has 1 aliphatic carbocycles. The van der Waals surface area contributed by atoms with Gasteiger partial charge in [0, 0.05) is 31.1 Å². The molecule has 3 N–H and O–H groups in total. The molecule has 0 spiro atoms. The van der Waals surface area contributed by atoms with E-state index >= 15 is 4.48 Å². The van der Waals surface area contributed by atoms with Gasteiger partial charge in [0.05, 0.1) is 0 Å². The lowest BCUT2D eigenvalue weighted by atomic mass is 9.91. The Kier molecular flexibility index (Phi) is 9.14.